The smallest absolute Gasteiger partial charge is 0.222 e. The first kappa shape index (κ1) is 19.2. The predicted molar refractivity (Wildman–Crippen MR) is 97.4 cm³/mol. The van der Waals surface area contributed by atoms with Crippen molar-refractivity contribution < 1.29 is 14.3 Å². The van der Waals surface area contributed by atoms with E-state index < -0.39 is 6.04 Å². The number of para-hydroxylation sites is 1. The van der Waals surface area contributed by atoms with E-state index in [0.717, 1.165) is 25.1 Å². The molecule has 6 nitrogen and oxygen atoms in total. The molecule has 0 aliphatic carbocycles. The van der Waals surface area contributed by atoms with Crippen LogP contribution in [0.1, 0.15) is 45.2 Å². The summed E-state index contributed by atoms with van der Waals surface area (Å²) in [6, 6.07) is 7.24. The molecule has 0 radical (unpaired) electrons. The molecule has 1 heterocycles. The summed E-state index contributed by atoms with van der Waals surface area (Å²) in [6.45, 7) is 7.83. The first-order valence-corrected chi connectivity index (χ1v) is 9.00. The highest BCUT2D eigenvalue weighted by Gasteiger charge is 2.25. The largest absolute Gasteiger partial charge is 0.494 e. The number of amides is 2. The monoisotopic (exact) mass is 347 g/mol. The van der Waals surface area contributed by atoms with E-state index in [-0.39, 0.29) is 24.3 Å². The van der Waals surface area contributed by atoms with Gasteiger partial charge in [-0.2, -0.15) is 0 Å². The van der Waals surface area contributed by atoms with E-state index in [1.807, 2.05) is 31.2 Å². The summed E-state index contributed by atoms with van der Waals surface area (Å²) in [6.07, 6.45) is 1.24. The zero-order valence-corrected chi connectivity index (χ0v) is 15.3. The molecular formula is C19H29N3O3. The summed E-state index contributed by atoms with van der Waals surface area (Å²) < 4.78 is 5.66. The first-order valence-electron chi connectivity index (χ1n) is 9.00. The molecule has 0 aromatic heterocycles. The highest BCUT2D eigenvalue weighted by atomic mass is 16.5. The fourth-order valence-corrected chi connectivity index (χ4v) is 3.17. The van der Waals surface area contributed by atoms with Crippen LogP contribution in [0.15, 0.2) is 24.3 Å². The molecule has 138 valence electrons. The van der Waals surface area contributed by atoms with Crippen LogP contribution in [0.3, 0.4) is 0 Å². The number of hydrogen-bond acceptors (Lipinski definition) is 4. The molecule has 0 spiro atoms. The Morgan fingerprint density at radius 3 is 2.80 bits per heavy atom. The third-order valence-corrected chi connectivity index (χ3v) is 4.54. The number of rotatable bonds is 7. The molecule has 1 aliphatic rings. The molecule has 1 aromatic rings. The summed E-state index contributed by atoms with van der Waals surface area (Å²) in [5, 5.41) is 9.29. The molecule has 3 unspecified atom stereocenters. The molecule has 2 amide bonds. The van der Waals surface area contributed by atoms with E-state index in [9.17, 15) is 9.59 Å². The number of carbonyl (C=O) groups is 2. The number of hydrogen-bond donors (Lipinski definition) is 3. The zero-order valence-electron chi connectivity index (χ0n) is 15.3. The first-order chi connectivity index (χ1) is 12.0. The molecule has 3 atom stereocenters. The molecular weight excluding hydrogens is 318 g/mol. The SMILES string of the molecule is CCOc1ccccc1C(CC(=O)NC1CNCCC1C)NC(C)=O. The third kappa shape index (κ3) is 5.74. The molecule has 1 aliphatic heterocycles. The van der Waals surface area contributed by atoms with Gasteiger partial charge < -0.3 is 20.7 Å². The second-order valence-electron chi connectivity index (χ2n) is 6.57. The van der Waals surface area contributed by atoms with E-state index in [0.29, 0.717) is 18.3 Å². The Kier molecular flexibility index (Phi) is 7.25. The van der Waals surface area contributed by atoms with Gasteiger partial charge in [0.2, 0.25) is 11.8 Å². The normalized spacial score (nSPS) is 21.2. The Morgan fingerprint density at radius 1 is 1.36 bits per heavy atom. The maximum absolute atomic E-state index is 12.6. The van der Waals surface area contributed by atoms with Gasteiger partial charge in [-0.3, -0.25) is 9.59 Å². The summed E-state index contributed by atoms with van der Waals surface area (Å²) in [5.74, 6) is 0.909. The van der Waals surface area contributed by atoms with E-state index in [2.05, 4.69) is 22.9 Å². The van der Waals surface area contributed by atoms with Crippen molar-refractivity contribution in [1.29, 1.82) is 0 Å². The van der Waals surface area contributed by atoms with Crippen LogP contribution in [0.5, 0.6) is 5.75 Å². The number of benzene rings is 1. The number of piperidine rings is 1. The molecule has 25 heavy (non-hydrogen) atoms. The maximum Gasteiger partial charge on any atom is 0.222 e. The number of ether oxygens (including phenoxy) is 1. The van der Waals surface area contributed by atoms with Gasteiger partial charge in [0, 0.05) is 25.1 Å². The van der Waals surface area contributed by atoms with Crippen LogP contribution in [0.25, 0.3) is 0 Å². The van der Waals surface area contributed by atoms with Crippen LogP contribution in [-0.4, -0.2) is 37.6 Å². The average molecular weight is 347 g/mol. The minimum atomic E-state index is -0.410. The van der Waals surface area contributed by atoms with E-state index in [1.165, 1.54) is 6.92 Å². The Bertz CT molecular complexity index is 591. The van der Waals surface area contributed by atoms with Crippen molar-refractivity contribution in [2.45, 2.75) is 45.7 Å². The van der Waals surface area contributed by atoms with Gasteiger partial charge >= 0.3 is 0 Å². The van der Waals surface area contributed by atoms with Crippen molar-refractivity contribution in [3.63, 3.8) is 0 Å². The second kappa shape index (κ2) is 9.42. The average Bonchev–Trinajstić information content (AvgIpc) is 2.57. The molecule has 0 bridgehead atoms. The van der Waals surface area contributed by atoms with Crippen molar-refractivity contribution >= 4 is 11.8 Å². The fraction of sp³-hybridized carbons (Fsp3) is 0.579. The van der Waals surface area contributed by atoms with Crippen molar-refractivity contribution in [3.05, 3.63) is 29.8 Å². The maximum atomic E-state index is 12.6. The molecule has 3 N–H and O–H groups in total. The van der Waals surface area contributed by atoms with Crippen molar-refractivity contribution in [1.82, 2.24) is 16.0 Å². The second-order valence-corrected chi connectivity index (χ2v) is 6.57. The highest BCUT2D eigenvalue weighted by molar-refractivity contribution is 5.79. The summed E-state index contributed by atoms with van der Waals surface area (Å²) in [7, 11) is 0. The Morgan fingerprint density at radius 2 is 2.12 bits per heavy atom. The lowest BCUT2D eigenvalue weighted by atomic mass is 9.94. The molecule has 1 saturated heterocycles. The number of carbonyl (C=O) groups excluding carboxylic acids is 2. The fourth-order valence-electron chi connectivity index (χ4n) is 3.17. The minimum absolute atomic E-state index is 0.0643. The number of nitrogens with one attached hydrogen (secondary N) is 3. The van der Waals surface area contributed by atoms with Crippen LogP contribution in [0, 0.1) is 5.92 Å². The standard InChI is InChI=1S/C19H29N3O3/c1-4-25-18-8-6-5-7-15(18)16(21-14(3)23)11-19(24)22-17-12-20-10-9-13(17)2/h5-8,13,16-17,20H,4,9-12H2,1-3H3,(H,21,23)(H,22,24). The lowest BCUT2D eigenvalue weighted by Gasteiger charge is -2.31. The van der Waals surface area contributed by atoms with Gasteiger partial charge in [-0.25, -0.2) is 0 Å². The van der Waals surface area contributed by atoms with Crippen molar-refractivity contribution in [2.75, 3.05) is 19.7 Å². The highest BCUT2D eigenvalue weighted by Crippen LogP contribution is 2.27. The minimum Gasteiger partial charge on any atom is -0.494 e. The van der Waals surface area contributed by atoms with E-state index in [1.54, 1.807) is 0 Å². The molecule has 2 rings (SSSR count). The van der Waals surface area contributed by atoms with Crippen LogP contribution in [-0.2, 0) is 9.59 Å². The van der Waals surface area contributed by atoms with E-state index in [4.69, 9.17) is 4.74 Å². The van der Waals surface area contributed by atoms with Gasteiger partial charge in [0.25, 0.3) is 0 Å². The lowest BCUT2D eigenvalue weighted by Crippen LogP contribution is -2.50. The van der Waals surface area contributed by atoms with Gasteiger partial charge in [-0.05, 0) is 31.9 Å². The zero-order chi connectivity index (χ0) is 18.2. The topological polar surface area (TPSA) is 79.5 Å². The Balaban J connectivity index is 2.09. The van der Waals surface area contributed by atoms with Gasteiger partial charge in [0.15, 0.2) is 0 Å². The quantitative estimate of drug-likeness (QED) is 0.702. The molecule has 1 fully saturated rings. The van der Waals surface area contributed by atoms with Gasteiger partial charge in [-0.15, -0.1) is 0 Å². The summed E-state index contributed by atoms with van der Waals surface area (Å²) in [5.41, 5.74) is 0.824. The van der Waals surface area contributed by atoms with Crippen LogP contribution in [0.2, 0.25) is 0 Å². The summed E-state index contributed by atoms with van der Waals surface area (Å²) >= 11 is 0. The third-order valence-electron chi connectivity index (χ3n) is 4.54. The molecule has 6 heteroatoms. The predicted octanol–water partition coefficient (Wildman–Crippen LogP) is 1.77. The van der Waals surface area contributed by atoms with Crippen LogP contribution < -0.4 is 20.7 Å². The van der Waals surface area contributed by atoms with Crippen LogP contribution in [0.4, 0.5) is 0 Å². The van der Waals surface area contributed by atoms with Gasteiger partial charge in [0.05, 0.1) is 19.1 Å². The Hall–Kier alpha value is -2.08. The van der Waals surface area contributed by atoms with Gasteiger partial charge in [0.1, 0.15) is 5.75 Å². The van der Waals surface area contributed by atoms with E-state index >= 15 is 0 Å². The van der Waals surface area contributed by atoms with Gasteiger partial charge in [-0.1, -0.05) is 25.1 Å². The summed E-state index contributed by atoms with van der Waals surface area (Å²) in [4.78, 5) is 24.2. The van der Waals surface area contributed by atoms with Crippen LogP contribution >= 0.6 is 0 Å². The Labute approximate surface area is 149 Å². The molecule has 1 aromatic carbocycles. The molecule has 0 saturated carbocycles. The van der Waals surface area contributed by atoms with Crippen molar-refractivity contribution in [3.8, 4) is 5.75 Å². The van der Waals surface area contributed by atoms with Crippen molar-refractivity contribution in [2.24, 2.45) is 5.92 Å². The lowest BCUT2D eigenvalue weighted by molar-refractivity contribution is -0.123.